The summed E-state index contributed by atoms with van der Waals surface area (Å²) in [5.74, 6) is 0.0961. The number of carbonyl (C=O) groups excluding carboxylic acids is 1. The van der Waals surface area contributed by atoms with E-state index in [1.54, 1.807) is 0 Å². The second-order valence-electron chi connectivity index (χ2n) is 4.87. The molecular formula is C13H26N2O2. The highest BCUT2D eigenvalue weighted by Crippen LogP contribution is 2.26. The fourth-order valence-corrected chi connectivity index (χ4v) is 2.21. The standard InChI is InChI=1S/C13H26N2O2/c1-3-4-8-14-13(17)11(2)15(9-10-16)12-6-5-7-12/h11-12,16H,3-10H2,1-2H3,(H,14,17). The van der Waals surface area contributed by atoms with E-state index in [4.69, 9.17) is 5.11 Å². The van der Waals surface area contributed by atoms with E-state index in [0.717, 1.165) is 32.2 Å². The van der Waals surface area contributed by atoms with E-state index >= 15 is 0 Å². The summed E-state index contributed by atoms with van der Waals surface area (Å²) in [4.78, 5) is 14.1. The van der Waals surface area contributed by atoms with Gasteiger partial charge in [0, 0.05) is 19.1 Å². The van der Waals surface area contributed by atoms with Gasteiger partial charge in [-0.3, -0.25) is 9.69 Å². The second-order valence-corrected chi connectivity index (χ2v) is 4.87. The van der Waals surface area contributed by atoms with Crippen LogP contribution in [0.5, 0.6) is 0 Å². The van der Waals surface area contributed by atoms with Crippen LogP contribution in [0.4, 0.5) is 0 Å². The van der Waals surface area contributed by atoms with E-state index in [1.165, 1.54) is 6.42 Å². The summed E-state index contributed by atoms with van der Waals surface area (Å²) in [7, 11) is 0. The van der Waals surface area contributed by atoms with E-state index in [1.807, 2.05) is 6.92 Å². The van der Waals surface area contributed by atoms with Gasteiger partial charge in [0.25, 0.3) is 0 Å². The average molecular weight is 242 g/mol. The Morgan fingerprint density at radius 3 is 2.71 bits per heavy atom. The molecule has 1 atom stereocenters. The number of carbonyl (C=O) groups is 1. The van der Waals surface area contributed by atoms with Crippen molar-refractivity contribution < 1.29 is 9.90 Å². The van der Waals surface area contributed by atoms with E-state index < -0.39 is 0 Å². The average Bonchev–Trinajstić information content (AvgIpc) is 2.25. The van der Waals surface area contributed by atoms with E-state index in [2.05, 4.69) is 17.1 Å². The quantitative estimate of drug-likeness (QED) is 0.628. The van der Waals surface area contributed by atoms with Gasteiger partial charge in [0.1, 0.15) is 0 Å². The molecule has 0 aliphatic heterocycles. The topological polar surface area (TPSA) is 52.6 Å². The molecule has 1 unspecified atom stereocenters. The third-order valence-corrected chi connectivity index (χ3v) is 3.61. The van der Waals surface area contributed by atoms with Crippen molar-refractivity contribution in [3.63, 3.8) is 0 Å². The van der Waals surface area contributed by atoms with Gasteiger partial charge in [-0.2, -0.15) is 0 Å². The van der Waals surface area contributed by atoms with Crippen LogP contribution in [0.3, 0.4) is 0 Å². The largest absolute Gasteiger partial charge is 0.395 e. The first-order valence-corrected chi connectivity index (χ1v) is 6.85. The Balaban J connectivity index is 2.39. The lowest BCUT2D eigenvalue weighted by atomic mass is 9.90. The molecule has 0 spiro atoms. The van der Waals surface area contributed by atoms with Crippen molar-refractivity contribution in [1.29, 1.82) is 0 Å². The highest BCUT2D eigenvalue weighted by atomic mass is 16.3. The molecule has 100 valence electrons. The molecule has 4 nitrogen and oxygen atoms in total. The Bertz CT molecular complexity index is 229. The Kier molecular flexibility index (Phi) is 6.52. The third-order valence-electron chi connectivity index (χ3n) is 3.61. The fourth-order valence-electron chi connectivity index (χ4n) is 2.21. The van der Waals surface area contributed by atoms with Crippen molar-refractivity contribution in [2.45, 2.75) is 58.0 Å². The lowest BCUT2D eigenvalue weighted by Crippen LogP contribution is -2.53. The van der Waals surface area contributed by atoms with Gasteiger partial charge in [-0.1, -0.05) is 19.8 Å². The van der Waals surface area contributed by atoms with Crippen LogP contribution in [0.1, 0.15) is 46.0 Å². The molecular weight excluding hydrogens is 216 g/mol. The molecule has 0 radical (unpaired) electrons. The van der Waals surface area contributed by atoms with E-state index in [9.17, 15) is 4.79 Å². The van der Waals surface area contributed by atoms with Gasteiger partial charge in [-0.05, 0) is 26.2 Å². The normalized spacial score (nSPS) is 17.9. The summed E-state index contributed by atoms with van der Waals surface area (Å²) in [5, 5.41) is 12.0. The molecule has 0 saturated heterocycles. The van der Waals surface area contributed by atoms with Gasteiger partial charge in [-0.15, -0.1) is 0 Å². The zero-order valence-electron chi connectivity index (χ0n) is 11.1. The number of amides is 1. The first kappa shape index (κ1) is 14.5. The van der Waals surface area contributed by atoms with Crippen molar-refractivity contribution in [3.05, 3.63) is 0 Å². The number of hydrogen-bond donors (Lipinski definition) is 2. The molecule has 0 aromatic heterocycles. The minimum atomic E-state index is -0.121. The molecule has 0 heterocycles. The van der Waals surface area contributed by atoms with Gasteiger partial charge >= 0.3 is 0 Å². The SMILES string of the molecule is CCCCNC(=O)C(C)N(CCO)C1CCC1. The maximum atomic E-state index is 11.9. The van der Waals surface area contributed by atoms with Crippen molar-refractivity contribution in [2.75, 3.05) is 19.7 Å². The van der Waals surface area contributed by atoms with Crippen LogP contribution in [0.15, 0.2) is 0 Å². The van der Waals surface area contributed by atoms with E-state index in [-0.39, 0.29) is 18.6 Å². The molecule has 0 aromatic rings. The maximum Gasteiger partial charge on any atom is 0.237 e. The van der Waals surface area contributed by atoms with Crippen LogP contribution >= 0.6 is 0 Å². The van der Waals surface area contributed by atoms with Crippen LogP contribution in [0.2, 0.25) is 0 Å². The molecule has 4 heteroatoms. The molecule has 1 aliphatic rings. The van der Waals surface area contributed by atoms with Crippen LogP contribution in [-0.2, 0) is 4.79 Å². The summed E-state index contributed by atoms with van der Waals surface area (Å²) in [6.07, 6.45) is 5.69. The molecule has 1 saturated carbocycles. The number of hydrogen-bond acceptors (Lipinski definition) is 3. The molecule has 0 aromatic carbocycles. The van der Waals surface area contributed by atoms with E-state index in [0.29, 0.717) is 12.6 Å². The second kappa shape index (κ2) is 7.67. The Labute approximate surface area is 104 Å². The Morgan fingerprint density at radius 2 is 2.24 bits per heavy atom. The number of rotatable bonds is 8. The summed E-state index contributed by atoms with van der Waals surface area (Å²) in [6.45, 7) is 5.55. The summed E-state index contributed by atoms with van der Waals surface area (Å²) in [6, 6.07) is 0.374. The fraction of sp³-hybridized carbons (Fsp3) is 0.923. The summed E-state index contributed by atoms with van der Waals surface area (Å²) >= 11 is 0. The molecule has 17 heavy (non-hydrogen) atoms. The smallest absolute Gasteiger partial charge is 0.237 e. The summed E-state index contributed by atoms with van der Waals surface area (Å²) < 4.78 is 0. The highest BCUT2D eigenvalue weighted by Gasteiger charge is 2.31. The van der Waals surface area contributed by atoms with Crippen LogP contribution in [-0.4, -0.2) is 47.7 Å². The zero-order chi connectivity index (χ0) is 12.7. The first-order valence-electron chi connectivity index (χ1n) is 6.85. The van der Waals surface area contributed by atoms with Crippen LogP contribution in [0.25, 0.3) is 0 Å². The predicted octanol–water partition coefficient (Wildman–Crippen LogP) is 1.14. The van der Waals surface area contributed by atoms with Gasteiger partial charge in [0.05, 0.1) is 12.6 Å². The van der Waals surface area contributed by atoms with Gasteiger partial charge in [0.2, 0.25) is 5.91 Å². The Hall–Kier alpha value is -0.610. The number of aliphatic hydroxyl groups excluding tert-OH is 1. The van der Waals surface area contributed by atoms with Gasteiger partial charge < -0.3 is 10.4 Å². The molecule has 1 rings (SSSR count). The number of nitrogens with zero attached hydrogens (tertiary/aromatic N) is 1. The monoisotopic (exact) mass is 242 g/mol. The van der Waals surface area contributed by atoms with Crippen molar-refractivity contribution in [3.8, 4) is 0 Å². The minimum absolute atomic E-state index is 0.0961. The maximum absolute atomic E-state index is 11.9. The number of nitrogens with one attached hydrogen (secondary N) is 1. The Morgan fingerprint density at radius 1 is 1.53 bits per heavy atom. The van der Waals surface area contributed by atoms with Crippen molar-refractivity contribution >= 4 is 5.91 Å². The lowest BCUT2D eigenvalue weighted by molar-refractivity contribution is -0.127. The van der Waals surface area contributed by atoms with Crippen LogP contribution in [0, 0.1) is 0 Å². The minimum Gasteiger partial charge on any atom is -0.395 e. The molecule has 2 N–H and O–H groups in total. The number of unbranched alkanes of at least 4 members (excludes halogenated alkanes) is 1. The van der Waals surface area contributed by atoms with Crippen LogP contribution < -0.4 is 5.32 Å². The third kappa shape index (κ3) is 4.28. The molecule has 1 fully saturated rings. The summed E-state index contributed by atoms with van der Waals surface area (Å²) in [5.41, 5.74) is 0. The van der Waals surface area contributed by atoms with Gasteiger partial charge in [-0.25, -0.2) is 0 Å². The highest BCUT2D eigenvalue weighted by molar-refractivity contribution is 5.81. The van der Waals surface area contributed by atoms with Gasteiger partial charge in [0.15, 0.2) is 0 Å². The zero-order valence-corrected chi connectivity index (χ0v) is 11.1. The lowest BCUT2D eigenvalue weighted by Gasteiger charge is -2.40. The van der Waals surface area contributed by atoms with Crippen molar-refractivity contribution in [1.82, 2.24) is 10.2 Å². The number of aliphatic hydroxyl groups is 1. The first-order chi connectivity index (χ1) is 8.20. The molecule has 1 amide bonds. The molecule has 1 aliphatic carbocycles. The molecule has 0 bridgehead atoms. The van der Waals surface area contributed by atoms with Crippen molar-refractivity contribution in [2.24, 2.45) is 0 Å². The predicted molar refractivity (Wildman–Crippen MR) is 68.8 cm³/mol.